The molecule has 2 heterocycles. The van der Waals surface area contributed by atoms with Gasteiger partial charge >= 0.3 is 0 Å². The van der Waals surface area contributed by atoms with E-state index >= 15 is 0 Å². The molecule has 0 aliphatic heterocycles. The number of allylic oxidation sites excluding steroid dienone is 1. The third kappa shape index (κ3) is 11.5. The second-order valence-electron chi connectivity index (χ2n) is 9.90. The number of aromatic amines is 1. The maximum Gasteiger partial charge on any atom is 0.255 e. The van der Waals surface area contributed by atoms with Gasteiger partial charge in [0.15, 0.2) is 11.6 Å². The van der Waals surface area contributed by atoms with E-state index in [-0.39, 0.29) is 11.7 Å². The van der Waals surface area contributed by atoms with Crippen LogP contribution in [-0.2, 0) is 6.42 Å². The van der Waals surface area contributed by atoms with Gasteiger partial charge in [-0.15, -0.1) is 0 Å². The van der Waals surface area contributed by atoms with E-state index in [2.05, 4.69) is 53.2 Å². The summed E-state index contributed by atoms with van der Waals surface area (Å²) in [5, 5.41) is 5.83. The third-order valence-corrected chi connectivity index (χ3v) is 6.88. The first kappa shape index (κ1) is 37.3. The molecule has 0 spiro atoms. The molecule has 0 saturated carbocycles. The molecular weight excluding hydrogens is 542 g/mol. The van der Waals surface area contributed by atoms with Crippen molar-refractivity contribution in [3.8, 4) is 0 Å². The van der Waals surface area contributed by atoms with Crippen molar-refractivity contribution < 1.29 is 13.6 Å². The van der Waals surface area contributed by atoms with Crippen molar-refractivity contribution in [3.63, 3.8) is 0 Å². The maximum absolute atomic E-state index is 14.0. The molecule has 3 aromatic rings. The average Bonchev–Trinajstić information content (AvgIpc) is 3.32. The SMILES string of the molecule is C=C(/C=C\c1c(C)[nH]c(CC)c1NC(=O)c1ccc(C(CCC)CCCCC)cc1)Nc1ncc(F)cc1F.CC.CC. The van der Waals surface area contributed by atoms with Gasteiger partial charge in [-0.2, -0.15) is 0 Å². The number of amides is 1. The van der Waals surface area contributed by atoms with E-state index in [0.717, 1.165) is 42.1 Å². The zero-order valence-corrected chi connectivity index (χ0v) is 27.5. The van der Waals surface area contributed by atoms with Crippen molar-refractivity contribution in [1.82, 2.24) is 9.97 Å². The van der Waals surface area contributed by atoms with Crippen molar-refractivity contribution in [2.75, 3.05) is 10.6 Å². The Kier molecular flexibility index (Phi) is 17.5. The Hall–Kier alpha value is -3.74. The molecule has 0 fully saturated rings. The standard InChI is InChI=1S/C32H40F2N4O.2C2H6/c1-6-9-10-12-23(11-7-2)24-14-16-25(17-15-24)32(39)38-30-27(22(5)37-29(30)8-3)18-13-21(4)36-31-28(34)19-26(33)20-35-31;2*1-2/h13-20,23,37H,4,6-12H2,1-3,5H3,(H,35,36)(H,38,39);2*1-2H3/b18-13-;;. The molecule has 0 saturated heterocycles. The molecule has 5 nitrogen and oxygen atoms in total. The summed E-state index contributed by atoms with van der Waals surface area (Å²) in [6.45, 7) is 20.3. The van der Waals surface area contributed by atoms with Crippen LogP contribution in [0.3, 0.4) is 0 Å². The van der Waals surface area contributed by atoms with E-state index in [0.29, 0.717) is 29.3 Å². The van der Waals surface area contributed by atoms with Gasteiger partial charge in [-0.05, 0) is 62.0 Å². The number of aromatic nitrogens is 2. The number of unbranched alkanes of at least 4 members (excludes halogenated alkanes) is 2. The summed E-state index contributed by atoms with van der Waals surface area (Å²) in [4.78, 5) is 20.3. The van der Waals surface area contributed by atoms with Crippen molar-refractivity contribution in [2.24, 2.45) is 0 Å². The van der Waals surface area contributed by atoms with Gasteiger partial charge < -0.3 is 15.6 Å². The lowest BCUT2D eigenvalue weighted by atomic mass is 9.89. The lowest BCUT2D eigenvalue weighted by Crippen LogP contribution is -2.13. The van der Waals surface area contributed by atoms with Gasteiger partial charge in [-0.25, -0.2) is 13.8 Å². The average molecular weight is 595 g/mol. The van der Waals surface area contributed by atoms with Gasteiger partial charge in [-0.1, -0.05) is 92.9 Å². The van der Waals surface area contributed by atoms with E-state index < -0.39 is 11.6 Å². The number of pyridine rings is 1. The largest absolute Gasteiger partial charge is 0.360 e. The van der Waals surface area contributed by atoms with Crippen LogP contribution in [0.4, 0.5) is 20.3 Å². The van der Waals surface area contributed by atoms with Crippen LogP contribution in [0.2, 0.25) is 0 Å². The normalized spacial score (nSPS) is 11.2. The molecule has 0 radical (unpaired) electrons. The molecule has 1 atom stereocenters. The fraction of sp³-hybridized carbons (Fsp3) is 0.444. The minimum Gasteiger partial charge on any atom is -0.360 e. The first-order chi connectivity index (χ1) is 20.8. The summed E-state index contributed by atoms with van der Waals surface area (Å²) < 4.78 is 27.1. The number of aryl methyl sites for hydroxylation is 2. The molecule has 1 amide bonds. The first-order valence-corrected chi connectivity index (χ1v) is 15.8. The number of carbonyl (C=O) groups is 1. The monoisotopic (exact) mass is 594 g/mol. The molecule has 7 heteroatoms. The molecule has 236 valence electrons. The van der Waals surface area contributed by atoms with E-state index in [4.69, 9.17) is 0 Å². The molecule has 0 bridgehead atoms. The molecule has 2 aromatic heterocycles. The molecular formula is C36H52F2N4O. The number of nitrogens with zero attached hydrogens (tertiary/aromatic N) is 1. The van der Waals surface area contributed by atoms with E-state index in [1.807, 2.05) is 53.7 Å². The Balaban J connectivity index is 0.00000221. The van der Waals surface area contributed by atoms with Crippen molar-refractivity contribution in [2.45, 2.75) is 106 Å². The first-order valence-electron chi connectivity index (χ1n) is 15.8. The summed E-state index contributed by atoms with van der Waals surface area (Å²) in [6.07, 6.45) is 12.2. The highest BCUT2D eigenvalue weighted by Gasteiger charge is 2.17. The van der Waals surface area contributed by atoms with Crippen molar-refractivity contribution in [1.29, 1.82) is 0 Å². The number of H-pyrrole nitrogens is 1. The maximum atomic E-state index is 14.0. The van der Waals surface area contributed by atoms with Crippen LogP contribution in [0.15, 0.2) is 54.9 Å². The molecule has 3 N–H and O–H groups in total. The topological polar surface area (TPSA) is 69.8 Å². The smallest absolute Gasteiger partial charge is 0.255 e. The fourth-order valence-electron chi connectivity index (χ4n) is 4.77. The zero-order valence-electron chi connectivity index (χ0n) is 27.5. The van der Waals surface area contributed by atoms with Gasteiger partial charge in [0.05, 0.1) is 11.9 Å². The Morgan fingerprint density at radius 2 is 1.67 bits per heavy atom. The number of rotatable bonds is 14. The molecule has 1 unspecified atom stereocenters. The Labute approximate surface area is 258 Å². The molecule has 1 aromatic carbocycles. The number of benzene rings is 1. The molecule has 0 aliphatic carbocycles. The van der Waals surface area contributed by atoms with Crippen molar-refractivity contribution in [3.05, 3.63) is 94.6 Å². The van der Waals surface area contributed by atoms with E-state index in [1.54, 1.807) is 12.2 Å². The fourth-order valence-corrected chi connectivity index (χ4v) is 4.77. The molecule has 3 rings (SSSR count). The van der Waals surface area contributed by atoms with Crippen LogP contribution in [0.25, 0.3) is 6.08 Å². The molecule has 43 heavy (non-hydrogen) atoms. The predicted molar refractivity (Wildman–Crippen MR) is 180 cm³/mol. The summed E-state index contributed by atoms with van der Waals surface area (Å²) in [6, 6.07) is 8.74. The van der Waals surface area contributed by atoms with E-state index in [9.17, 15) is 13.6 Å². The Morgan fingerprint density at radius 3 is 2.26 bits per heavy atom. The van der Waals surface area contributed by atoms with E-state index in [1.165, 1.54) is 31.2 Å². The highest BCUT2D eigenvalue weighted by molar-refractivity contribution is 6.06. The highest BCUT2D eigenvalue weighted by Crippen LogP contribution is 2.30. The quantitative estimate of drug-likeness (QED) is 0.128. The highest BCUT2D eigenvalue weighted by atomic mass is 19.1. The van der Waals surface area contributed by atoms with Crippen LogP contribution in [0.1, 0.15) is 126 Å². The van der Waals surface area contributed by atoms with Crippen LogP contribution < -0.4 is 10.6 Å². The van der Waals surface area contributed by atoms with Crippen LogP contribution in [0.5, 0.6) is 0 Å². The number of carbonyl (C=O) groups excluding carboxylic acids is 1. The lowest BCUT2D eigenvalue weighted by Gasteiger charge is -2.17. The Bertz CT molecular complexity index is 1300. The van der Waals surface area contributed by atoms with Gasteiger partial charge in [0.25, 0.3) is 5.91 Å². The summed E-state index contributed by atoms with van der Waals surface area (Å²) in [5.41, 5.74) is 5.53. The van der Waals surface area contributed by atoms with Gasteiger partial charge in [-0.3, -0.25) is 4.79 Å². The minimum atomic E-state index is -0.809. The number of hydrogen-bond acceptors (Lipinski definition) is 3. The van der Waals surface area contributed by atoms with Gasteiger partial charge in [0.1, 0.15) is 5.82 Å². The second-order valence-corrected chi connectivity index (χ2v) is 9.90. The predicted octanol–water partition coefficient (Wildman–Crippen LogP) is 11.0. The zero-order chi connectivity index (χ0) is 32.4. The number of halogens is 2. The van der Waals surface area contributed by atoms with Gasteiger partial charge in [0.2, 0.25) is 0 Å². The Morgan fingerprint density at radius 1 is 1.00 bits per heavy atom. The summed E-state index contributed by atoms with van der Waals surface area (Å²) in [5.74, 6) is -1.34. The number of anilines is 2. The summed E-state index contributed by atoms with van der Waals surface area (Å²) in [7, 11) is 0. The minimum absolute atomic E-state index is 0.116. The van der Waals surface area contributed by atoms with Crippen LogP contribution >= 0.6 is 0 Å². The number of nitrogens with one attached hydrogen (secondary N) is 3. The summed E-state index contributed by atoms with van der Waals surface area (Å²) >= 11 is 0. The third-order valence-electron chi connectivity index (χ3n) is 6.88. The number of hydrogen-bond donors (Lipinski definition) is 3. The molecule has 0 aliphatic rings. The van der Waals surface area contributed by atoms with Crippen LogP contribution in [0, 0.1) is 18.6 Å². The lowest BCUT2D eigenvalue weighted by molar-refractivity contribution is 0.102. The van der Waals surface area contributed by atoms with Gasteiger partial charge in [0, 0.05) is 34.3 Å². The van der Waals surface area contributed by atoms with Crippen molar-refractivity contribution >= 4 is 23.5 Å². The van der Waals surface area contributed by atoms with Crippen LogP contribution in [-0.4, -0.2) is 15.9 Å². The second kappa shape index (κ2) is 20.2.